The van der Waals surface area contributed by atoms with Crippen LogP contribution in [-0.4, -0.2) is 92.1 Å². The summed E-state index contributed by atoms with van der Waals surface area (Å²) in [5, 5.41) is 20.7. The number of piperazine rings is 1. The number of fused-ring (bicyclic) bond motifs is 3. The highest BCUT2D eigenvalue weighted by Gasteiger charge is 2.37. The zero-order valence-corrected chi connectivity index (χ0v) is 27.7. The van der Waals surface area contributed by atoms with Gasteiger partial charge in [0, 0.05) is 72.9 Å². The van der Waals surface area contributed by atoms with Crippen LogP contribution in [0.3, 0.4) is 0 Å². The Morgan fingerprint density at radius 2 is 1.92 bits per heavy atom. The van der Waals surface area contributed by atoms with Gasteiger partial charge >= 0.3 is 0 Å². The Morgan fingerprint density at radius 3 is 2.65 bits per heavy atom. The van der Waals surface area contributed by atoms with Crippen LogP contribution in [0.5, 0.6) is 0 Å². The van der Waals surface area contributed by atoms with E-state index in [0.29, 0.717) is 58.8 Å². The number of ether oxygens (including phenoxy) is 1. The van der Waals surface area contributed by atoms with E-state index in [2.05, 4.69) is 42.2 Å². The van der Waals surface area contributed by atoms with Gasteiger partial charge < -0.3 is 24.6 Å². The maximum Gasteiger partial charge on any atom is 0.288 e. The summed E-state index contributed by atoms with van der Waals surface area (Å²) in [5.74, 6) is -0.190. The molecule has 49 heavy (non-hydrogen) atoms. The van der Waals surface area contributed by atoms with Crippen molar-refractivity contribution in [3.05, 3.63) is 74.8 Å². The molecule has 2 saturated heterocycles. The number of halogens is 1. The molecule has 13 nitrogen and oxygen atoms in total. The fourth-order valence-electron chi connectivity index (χ4n) is 7.84. The molecule has 0 bridgehead atoms. The van der Waals surface area contributed by atoms with E-state index in [1.807, 2.05) is 22.9 Å². The fraction of sp³-hybridized carbons (Fsp3) is 0.457. The Bertz CT molecular complexity index is 1970. The number of H-pyrrole nitrogens is 1. The van der Waals surface area contributed by atoms with Crippen LogP contribution in [-0.2, 0) is 30.7 Å². The lowest BCUT2D eigenvalue weighted by Gasteiger charge is -2.46. The van der Waals surface area contributed by atoms with Crippen LogP contribution in [0, 0.1) is 12.7 Å². The molecule has 0 radical (unpaired) electrons. The molecule has 0 unspecified atom stereocenters. The number of aromatic amines is 1. The summed E-state index contributed by atoms with van der Waals surface area (Å²) in [6.45, 7) is 8.70. The van der Waals surface area contributed by atoms with E-state index in [4.69, 9.17) is 4.74 Å². The van der Waals surface area contributed by atoms with Gasteiger partial charge in [-0.05, 0) is 57.7 Å². The fourth-order valence-corrected chi connectivity index (χ4v) is 7.84. The monoisotopic (exact) mass is 669 g/mol. The van der Waals surface area contributed by atoms with E-state index >= 15 is 4.39 Å². The van der Waals surface area contributed by atoms with Gasteiger partial charge in [-0.2, -0.15) is 5.10 Å². The molecular formula is C35H40FN9O4. The van der Waals surface area contributed by atoms with Crippen LogP contribution in [0.4, 0.5) is 27.4 Å². The molecule has 1 amide bonds. The van der Waals surface area contributed by atoms with Crippen molar-refractivity contribution in [3.63, 3.8) is 0 Å². The Balaban J connectivity index is 1.05. The van der Waals surface area contributed by atoms with E-state index in [1.165, 1.54) is 11.1 Å². The van der Waals surface area contributed by atoms with Gasteiger partial charge in [0.1, 0.15) is 23.0 Å². The van der Waals surface area contributed by atoms with Crippen molar-refractivity contribution in [2.75, 3.05) is 54.5 Å². The average Bonchev–Trinajstić information content (AvgIpc) is 3.38. The number of aromatic nitrogens is 5. The Hall–Kier alpha value is -4.66. The number of nitrogens with one attached hydrogen (secondary N) is 2. The number of hydrogen-bond donors (Lipinski definition) is 3. The molecule has 0 spiro atoms. The van der Waals surface area contributed by atoms with Gasteiger partial charge in [0.25, 0.3) is 11.5 Å². The van der Waals surface area contributed by atoms with Crippen LogP contribution in [0.25, 0.3) is 11.3 Å². The summed E-state index contributed by atoms with van der Waals surface area (Å²) in [6.07, 6.45) is 6.62. The predicted octanol–water partition coefficient (Wildman–Crippen LogP) is 3.16. The number of rotatable bonds is 7. The number of aliphatic hydroxyl groups is 1. The average molecular weight is 670 g/mol. The first-order valence-electron chi connectivity index (χ1n) is 17.1. The molecule has 8 rings (SSSR count). The van der Waals surface area contributed by atoms with Gasteiger partial charge in [0.2, 0.25) is 0 Å². The molecule has 3 N–H and O–H groups in total. The zero-order chi connectivity index (χ0) is 33.8. The second kappa shape index (κ2) is 12.7. The van der Waals surface area contributed by atoms with Gasteiger partial charge in [-0.1, -0.05) is 0 Å². The first kappa shape index (κ1) is 31.6. The standard InChI is InChI=1S/C35H40FN9O4/c1-20-16-42(23-18-49-19-23)11-12-43(20)22-7-8-28(38-15-22)39-31-21(2)30(40-41-34(31)47)24-9-10-37-33(26(24)17-46)45-14-13-44-27-6-4-3-5-25(27)29(36)32(44)35(45)48/h7-10,15,20,23,46H,3-6,11-14,16-19H2,1-2H3,(H,41,47)(H,38,39,40)/t20-/m0/s1. The third-order valence-corrected chi connectivity index (χ3v) is 10.6. The molecule has 1 atom stereocenters. The number of anilines is 4. The SMILES string of the molecule is Cc1c(-c2ccnc(N3CCn4c5c(c(F)c4C3=O)CCCC5)c2CO)n[nH]c(=O)c1Nc1ccc(N2CCN(C3COC3)C[C@@H]2C)cn1. The Morgan fingerprint density at radius 1 is 1.08 bits per heavy atom. The smallest absolute Gasteiger partial charge is 0.288 e. The van der Waals surface area contributed by atoms with E-state index in [9.17, 15) is 14.7 Å². The van der Waals surface area contributed by atoms with Crippen molar-refractivity contribution in [1.29, 1.82) is 0 Å². The summed E-state index contributed by atoms with van der Waals surface area (Å²) < 4.78 is 22.8. The molecule has 14 heteroatoms. The number of pyridine rings is 2. The van der Waals surface area contributed by atoms with Crippen molar-refractivity contribution in [2.45, 2.75) is 64.8 Å². The molecule has 4 aromatic rings. The Kier molecular flexibility index (Phi) is 8.16. The maximum atomic E-state index is 15.6. The molecule has 4 aromatic heterocycles. The van der Waals surface area contributed by atoms with E-state index in [1.54, 1.807) is 13.0 Å². The van der Waals surface area contributed by atoms with Gasteiger partial charge in [0.15, 0.2) is 5.82 Å². The quantitative estimate of drug-likeness (QED) is 0.269. The largest absolute Gasteiger partial charge is 0.392 e. The minimum absolute atomic E-state index is 0.0538. The van der Waals surface area contributed by atoms with Crippen molar-refractivity contribution in [2.24, 2.45) is 0 Å². The molecule has 256 valence electrons. The zero-order valence-electron chi connectivity index (χ0n) is 27.7. The molecule has 7 heterocycles. The molecule has 4 aliphatic rings. The van der Waals surface area contributed by atoms with E-state index < -0.39 is 23.9 Å². The maximum absolute atomic E-state index is 15.6. The lowest BCUT2D eigenvalue weighted by Crippen LogP contribution is -2.59. The highest BCUT2D eigenvalue weighted by Crippen LogP contribution is 2.36. The van der Waals surface area contributed by atoms with Gasteiger partial charge in [0.05, 0.1) is 43.4 Å². The van der Waals surface area contributed by atoms with Crippen LogP contribution < -0.4 is 20.7 Å². The minimum atomic E-state index is -0.482. The number of carbonyl (C=O) groups is 1. The van der Waals surface area contributed by atoms with Crippen molar-refractivity contribution >= 4 is 28.9 Å². The van der Waals surface area contributed by atoms with Crippen LogP contribution in [0.2, 0.25) is 0 Å². The van der Waals surface area contributed by atoms with Gasteiger partial charge in [-0.15, -0.1) is 0 Å². The molecule has 2 fully saturated rings. The molecular weight excluding hydrogens is 629 g/mol. The van der Waals surface area contributed by atoms with Crippen LogP contribution in [0.1, 0.15) is 52.6 Å². The second-order valence-corrected chi connectivity index (χ2v) is 13.4. The summed E-state index contributed by atoms with van der Waals surface area (Å²) >= 11 is 0. The molecule has 0 saturated carbocycles. The normalized spacial score (nSPS) is 19.8. The van der Waals surface area contributed by atoms with Gasteiger partial charge in [-0.25, -0.2) is 19.5 Å². The third-order valence-electron chi connectivity index (χ3n) is 10.6. The second-order valence-electron chi connectivity index (χ2n) is 13.4. The van der Waals surface area contributed by atoms with Crippen molar-refractivity contribution in [3.8, 4) is 11.3 Å². The predicted molar refractivity (Wildman–Crippen MR) is 182 cm³/mol. The lowest BCUT2D eigenvalue weighted by atomic mass is 9.97. The molecule has 3 aliphatic heterocycles. The summed E-state index contributed by atoms with van der Waals surface area (Å²) in [6, 6.07) is 6.39. The van der Waals surface area contributed by atoms with E-state index in [-0.39, 0.29) is 23.7 Å². The van der Waals surface area contributed by atoms with Crippen molar-refractivity contribution < 1.29 is 19.0 Å². The summed E-state index contributed by atoms with van der Waals surface area (Å²) in [4.78, 5) is 42.2. The summed E-state index contributed by atoms with van der Waals surface area (Å²) in [5.41, 5.74) is 4.26. The Labute approximate surface area is 282 Å². The molecule has 0 aromatic carbocycles. The van der Waals surface area contributed by atoms with E-state index in [0.717, 1.165) is 63.5 Å². The first-order valence-corrected chi connectivity index (χ1v) is 17.1. The lowest BCUT2D eigenvalue weighted by molar-refractivity contribution is -0.0691. The number of nitrogens with zero attached hydrogens (tertiary/aromatic N) is 7. The number of aliphatic hydroxyl groups excluding tert-OH is 1. The third kappa shape index (κ3) is 5.38. The highest BCUT2D eigenvalue weighted by molar-refractivity contribution is 6.06. The van der Waals surface area contributed by atoms with Crippen LogP contribution >= 0.6 is 0 Å². The number of amides is 1. The number of carbonyl (C=O) groups excluding carboxylic acids is 1. The van der Waals surface area contributed by atoms with Gasteiger partial charge in [-0.3, -0.25) is 19.4 Å². The van der Waals surface area contributed by atoms with Crippen molar-refractivity contribution in [1.82, 2.24) is 29.6 Å². The summed E-state index contributed by atoms with van der Waals surface area (Å²) in [7, 11) is 0. The minimum Gasteiger partial charge on any atom is -0.392 e. The first-order chi connectivity index (χ1) is 23.8. The highest BCUT2D eigenvalue weighted by atomic mass is 19.1. The van der Waals surface area contributed by atoms with Crippen LogP contribution in [0.15, 0.2) is 35.4 Å². The number of hydrogen-bond acceptors (Lipinski definition) is 10. The molecule has 1 aliphatic carbocycles. The topological polar surface area (TPSA) is 145 Å².